The van der Waals surface area contributed by atoms with Crippen LogP contribution in [0.5, 0.6) is 0 Å². The van der Waals surface area contributed by atoms with Gasteiger partial charge in [-0.25, -0.2) is 5.01 Å². The van der Waals surface area contributed by atoms with Gasteiger partial charge in [0, 0.05) is 35.2 Å². The van der Waals surface area contributed by atoms with Crippen molar-refractivity contribution in [1.29, 1.82) is 0 Å². The summed E-state index contributed by atoms with van der Waals surface area (Å²) in [5, 5.41) is 2.14. The van der Waals surface area contributed by atoms with Gasteiger partial charge in [-0.1, -0.05) is 36.4 Å². The number of ether oxygens (including phenoxy) is 1. The normalized spacial score (nSPS) is 17.8. The van der Waals surface area contributed by atoms with E-state index < -0.39 is 11.8 Å². The monoisotopic (exact) mass is 444 g/mol. The molecule has 0 atom stereocenters. The largest absolute Gasteiger partial charge is 0.378 e. The van der Waals surface area contributed by atoms with Gasteiger partial charge >= 0.3 is 0 Å². The smallest absolute Gasteiger partial charge is 0.282 e. The Morgan fingerprint density at radius 1 is 1.03 bits per heavy atom. The third-order valence-electron chi connectivity index (χ3n) is 6.13. The van der Waals surface area contributed by atoms with Crippen LogP contribution >= 0.6 is 0 Å². The standard InChI is InChI=1S/C25H24N4O4/c1-17-20(15-21-24(31)26-29(25(21)32)18-7-3-2-4-8-18)19-9-5-6-10-22(19)28(17)16-23(30)27-11-13-33-14-12-27/h2-10,15H,11-14,16H2,1H3,(H,26,31). The van der Waals surface area contributed by atoms with Gasteiger partial charge in [0.1, 0.15) is 12.1 Å². The molecule has 0 unspecified atom stereocenters. The molecule has 0 aliphatic carbocycles. The number of fused-ring (bicyclic) bond motifs is 1. The molecule has 3 amide bonds. The van der Waals surface area contributed by atoms with E-state index in [1.54, 1.807) is 30.3 Å². The highest BCUT2D eigenvalue weighted by molar-refractivity contribution is 6.32. The molecule has 5 rings (SSSR count). The van der Waals surface area contributed by atoms with Crippen LogP contribution in [-0.2, 0) is 25.7 Å². The summed E-state index contributed by atoms with van der Waals surface area (Å²) in [6, 6.07) is 16.7. The van der Waals surface area contributed by atoms with Crippen molar-refractivity contribution < 1.29 is 19.1 Å². The fraction of sp³-hybridized carbons (Fsp3) is 0.240. The molecular weight excluding hydrogens is 420 g/mol. The van der Waals surface area contributed by atoms with Gasteiger partial charge < -0.3 is 14.2 Å². The van der Waals surface area contributed by atoms with Crippen LogP contribution in [0.1, 0.15) is 11.3 Å². The summed E-state index contributed by atoms with van der Waals surface area (Å²) in [5.41, 5.74) is 5.75. The maximum Gasteiger partial charge on any atom is 0.282 e. The van der Waals surface area contributed by atoms with E-state index in [9.17, 15) is 14.4 Å². The van der Waals surface area contributed by atoms with Crippen LogP contribution in [0.25, 0.3) is 17.0 Å². The molecule has 2 aliphatic heterocycles. The van der Waals surface area contributed by atoms with E-state index >= 15 is 0 Å². The topological polar surface area (TPSA) is 83.9 Å². The predicted molar refractivity (Wildman–Crippen MR) is 124 cm³/mol. The second kappa shape index (κ2) is 8.55. The number of nitrogens with one attached hydrogen (secondary N) is 1. The molecular formula is C25H24N4O4. The number of hydrogen-bond acceptors (Lipinski definition) is 4. The lowest BCUT2D eigenvalue weighted by atomic mass is 10.1. The summed E-state index contributed by atoms with van der Waals surface area (Å²) in [7, 11) is 0. The van der Waals surface area contributed by atoms with Gasteiger partial charge in [-0.2, -0.15) is 0 Å². The van der Waals surface area contributed by atoms with E-state index in [1.165, 1.54) is 5.01 Å². The Kier molecular flexibility index (Phi) is 5.43. The van der Waals surface area contributed by atoms with Crippen molar-refractivity contribution in [3.05, 3.63) is 71.4 Å². The fourth-order valence-corrected chi connectivity index (χ4v) is 4.35. The minimum atomic E-state index is -0.454. The Hall–Kier alpha value is -3.91. The number of aromatic nitrogens is 1. The van der Waals surface area contributed by atoms with E-state index in [4.69, 9.17) is 4.74 Å². The number of anilines is 1. The Morgan fingerprint density at radius 2 is 1.73 bits per heavy atom. The molecule has 0 bridgehead atoms. The van der Waals surface area contributed by atoms with Crippen LogP contribution in [0.4, 0.5) is 5.69 Å². The summed E-state index contributed by atoms with van der Waals surface area (Å²) in [4.78, 5) is 40.5. The molecule has 0 saturated carbocycles. The number of nitrogens with zero attached hydrogens (tertiary/aromatic N) is 3. The third kappa shape index (κ3) is 3.78. The van der Waals surface area contributed by atoms with Gasteiger partial charge in [-0.15, -0.1) is 0 Å². The van der Waals surface area contributed by atoms with Gasteiger partial charge in [0.25, 0.3) is 11.8 Å². The number of carbonyl (C=O) groups excluding carboxylic acids is 3. The summed E-state index contributed by atoms with van der Waals surface area (Å²) in [5.74, 6) is -0.845. The van der Waals surface area contributed by atoms with E-state index in [0.29, 0.717) is 32.0 Å². The molecule has 168 valence electrons. The van der Waals surface area contributed by atoms with Gasteiger partial charge in [0.15, 0.2) is 0 Å². The van der Waals surface area contributed by atoms with Crippen molar-refractivity contribution in [1.82, 2.24) is 14.9 Å². The summed E-state index contributed by atoms with van der Waals surface area (Å²) in [6.07, 6.45) is 1.63. The van der Waals surface area contributed by atoms with Crippen molar-refractivity contribution in [2.75, 3.05) is 31.3 Å². The van der Waals surface area contributed by atoms with Crippen LogP contribution in [0.3, 0.4) is 0 Å². The quantitative estimate of drug-likeness (QED) is 0.494. The zero-order valence-electron chi connectivity index (χ0n) is 18.3. The average molecular weight is 444 g/mol. The molecule has 2 aromatic carbocycles. The van der Waals surface area contributed by atoms with Crippen LogP contribution in [-0.4, -0.2) is 53.5 Å². The first-order valence-electron chi connectivity index (χ1n) is 10.9. The second-order valence-electron chi connectivity index (χ2n) is 8.07. The Balaban J connectivity index is 1.52. The highest BCUT2D eigenvalue weighted by Gasteiger charge is 2.35. The minimum Gasteiger partial charge on any atom is -0.378 e. The lowest BCUT2D eigenvalue weighted by molar-refractivity contribution is -0.135. The van der Waals surface area contributed by atoms with Crippen molar-refractivity contribution in [3.8, 4) is 0 Å². The zero-order valence-corrected chi connectivity index (χ0v) is 18.3. The van der Waals surface area contributed by atoms with E-state index in [2.05, 4.69) is 5.43 Å². The molecule has 1 N–H and O–H groups in total. The van der Waals surface area contributed by atoms with Crippen molar-refractivity contribution >= 4 is 40.4 Å². The molecule has 8 nitrogen and oxygen atoms in total. The Morgan fingerprint density at radius 3 is 2.48 bits per heavy atom. The Bertz CT molecular complexity index is 1270. The number of amides is 3. The number of benzene rings is 2. The first kappa shape index (κ1) is 21.0. The molecule has 2 fully saturated rings. The van der Waals surface area contributed by atoms with Crippen molar-refractivity contribution in [2.45, 2.75) is 13.5 Å². The maximum absolute atomic E-state index is 13.1. The molecule has 33 heavy (non-hydrogen) atoms. The van der Waals surface area contributed by atoms with E-state index in [-0.39, 0.29) is 18.0 Å². The van der Waals surface area contributed by atoms with Crippen LogP contribution in [0.2, 0.25) is 0 Å². The lowest BCUT2D eigenvalue weighted by Crippen LogP contribution is -2.42. The molecule has 0 spiro atoms. The number of morpholine rings is 1. The predicted octanol–water partition coefficient (Wildman–Crippen LogP) is 2.27. The van der Waals surface area contributed by atoms with Gasteiger partial charge in [0.2, 0.25) is 5.91 Å². The highest BCUT2D eigenvalue weighted by atomic mass is 16.5. The first-order chi connectivity index (χ1) is 16.0. The van der Waals surface area contributed by atoms with Gasteiger partial charge in [0.05, 0.1) is 18.9 Å². The van der Waals surface area contributed by atoms with Crippen LogP contribution in [0, 0.1) is 6.92 Å². The number of hydrazine groups is 1. The molecule has 2 saturated heterocycles. The number of carbonyl (C=O) groups is 3. The fourth-order valence-electron chi connectivity index (χ4n) is 4.35. The third-order valence-corrected chi connectivity index (χ3v) is 6.13. The zero-order chi connectivity index (χ0) is 22.9. The van der Waals surface area contributed by atoms with E-state index in [1.807, 2.05) is 46.7 Å². The number of hydrogen-bond donors (Lipinski definition) is 1. The van der Waals surface area contributed by atoms with Gasteiger partial charge in [-0.05, 0) is 31.2 Å². The summed E-state index contributed by atoms with van der Waals surface area (Å²) in [6.45, 7) is 4.35. The van der Waals surface area contributed by atoms with Crippen LogP contribution < -0.4 is 10.4 Å². The molecule has 2 aliphatic rings. The average Bonchev–Trinajstić information content (AvgIpc) is 3.28. The summed E-state index contributed by atoms with van der Waals surface area (Å²) < 4.78 is 7.30. The minimum absolute atomic E-state index is 0.0197. The molecule has 8 heteroatoms. The molecule has 0 radical (unpaired) electrons. The highest BCUT2D eigenvalue weighted by Crippen LogP contribution is 2.30. The number of rotatable bonds is 4. The maximum atomic E-state index is 13.1. The van der Waals surface area contributed by atoms with Crippen LogP contribution in [0.15, 0.2) is 60.2 Å². The Labute approximate surface area is 191 Å². The number of para-hydroxylation sites is 2. The first-order valence-corrected chi connectivity index (χ1v) is 10.9. The second-order valence-corrected chi connectivity index (χ2v) is 8.07. The SMILES string of the molecule is Cc1c(C=C2C(=O)NN(c3ccccc3)C2=O)c2ccccc2n1CC(=O)N1CCOCC1. The lowest BCUT2D eigenvalue weighted by Gasteiger charge is -2.27. The molecule has 3 heterocycles. The van der Waals surface area contributed by atoms with E-state index in [0.717, 1.165) is 22.2 Å². The molecule has 1 aromatic heterocycles. The molecule has 3 aromatic rings. The van der Waals surface area contributed by atoms with Crippen molar-refractivity contribution in [2.24, 2.45) is 0 Å². The van der Waals surface area contributed by atoms with Gasteiger partial charge in [-0.3, -0.25) is 19.8 Å². The van der Waals surface area contributed by atoms with Crippen molar-refractivity contribution in [3.63, 3.8) is 0 Å². The summed E-state index contributed by atoms with van der Waals surface area (Å²) >= 11 is 0.